The minimum absolute atomic E-state index is 0.139. The summed E-state index contributed by atoms with van der Waals surface area (Å²) in [6, 6.07) is 8.33. The highest BCUT2D eigenvalue weighted by molar-refractivity contribution is 7.16. The van der Waals surface area contributed by atoms with Crippen LogP contribution in [0, 0.1) is 5.41 Å². The zero-order chi connectivity index (χ0) is 19.9. The summed E-state index contributed by atoms with van der Waals surface area (Å²) in [6.45, 7) is 4.93. The number of carboxylic acid groups (broad SMARTS) is 1. The van der Waals surface area contributed by atoms with E-state index in [-0.39, 0.29) is 5.41 Å². The molecule has 6 heteroatoms. The quantitative estimate of drug-likeness (QED) is 0.392. The van der Waals surface area contributed by atoms with E-state index in [0.717, 1.165) is 46.4 Å². The van der Waals surface area contributed by atoms with Gasteiger partial charge < -0.3 is 5.11 Å². The second-order valence-corrected chi connectivity index (χ2v) is 10.0. The molecule has 0 fully saturated rings. The Morgan fingerprint density at radius 3 is 2.79 bits per heavy atom. The molecular formula is C22H24N2O2S2. The van der Waals surface area contributed by atoms with Crippen molar-refractivity contribution < 1.29 is 9.90 Å². The largest absolute Gasteiger partial charge is 0.478 e. The van der Waals surface area contributed by atoms with Crippen molar-refractivity contribution >= 4 is 28.6 Å². The lowest BCUT2D eigenvalue weighted by Crippen LogP contribution is -2.22. The molecule has 4 nitrogen and oxygen atoms in total. The van der Waals surface area contributed by atoms with E-state index in [1.807, 2.05) is 0 Å². The predicted molar refractivity (Wildman–Crippen MR) is 117 cm³/mol. The molecule has 3 aromatic rings. The fourth-order valence-electron chi connectivity index (χ4n) is 4.02. The Labute approximate surface area is 173 Å². The van der Waals surface area contributed by atoms with Gasteiger partial charge in [-0.25, -0.2) is 4.79 Å². The van der Waals surface area contributed by atoms with E-state index < -0.39 is 5.97 Å². The summed E-state index contributed by atoms with van der Waals surface area (Å²) in [5.74, 6) is 4.81. The summed E-state index contributed by atoms with van der Waals surface area (Å²) in [5.41, 5.74) is 8.67. The van der Waals surface area contributed by atoms with E-state index in [1.54, 1.807) is 22.7 Å². The zero-order valence-electron chi connectivity index (χ0n) is 16.0. The first-order valence-corrected chi connectivity index (χ1v) is 11.1. The lowest BCUT2D eigenvalue weighted by Gasteiger charge is -2.29. The normalized spacial score (nSPS) is 15.4. The van der Waals surface area contributed by atoms with Crippen LogP contribution in [0.3, 0.4) is 0 Å². The molecule has 0 radical (unpaired) electrons. The van der Waals surface area contributed by atoms with Crippen molar-refractivity contribution in [3.05, 3.63) is 56.6 Å². The Bertz CT molecular complexity index is 1020. The first-order valence-electron chi connectivity index (χ1n) is 9.37. The number of thiophene rings is 2. The Kier molecular flexibility index (Phi) is 5.14. The van der Waals surface area contributed by atoms with Gasteiger partial charge in [0.2, 0.25) is 0 Å². The van der Waals surface area contributed by atoms with E-state index in [1.165, 1.54) is 10.4 Å². The molecule has 1 aliphatic carbocycles. The molecule has 1 aliphatic rings. The molecule has 0 bridgehead atoms. The summed E-state index contributed by atoms with van der Waals surface area (Å²) >= 11 is 3.30. The number of carbonyl (C=O) groups is 1. The second kappa shape index (κ2) is 7.44. The molecule has 0 saturated heterocycles. The molecule has 2 heterocycles. The third-order valence-corrected chi connectivity index (χ3v) is 7.49. The van der Waals surface area contributed by atoms with Gasteiger partial charge in [-0.1, -0.05) is 26.0 Å². The van der Waals surface area contributed by atoms with Crippen molar-refractivity contribution in [3.8, 4) is 21.6 Å². The van der Waals surface area contributed by atoms with Gasteiger partial charge in [-0.05, 0) is 75.4 Å². The number of hydrogen-bond donors (Lipinski definition) is 3. The van der Waals surface area contributed by atoms with Crippen LogP contribution in [0.2, 0.25) is 0 Å². The van der Waals surface area contributed by atoms with Crippen LogP contribution in [-0.4, -0.2) is 11.1 Å². The molecule has 0 unspecified atom stereocenters. The van der Waals surface area contributed by atoms with Crippen LogP contribution >= 0.6 is 22.7 Å². The third-order valence-electron chi connectivity index (χ3n) is 5.49. The molecule has 4 rings (SSSR count). The molecule has 0 aliphatic heterocycles. The number of nitrogens with one attached hydrogen (secondary N) is 1. The van der Waals surface area contributed by atoms with E-state index in [2.05, 4.69) is 54.3 Å². The maximum absolute atomic E-state index is 12.2. The van der Waals surface area contributed by atoms with Gasteiger partial charge in [0.15, 0.2) is 0 Å². The second-order valence-electron chi connectivity index (χ2n) is 8.12. The summed E-state index contributed by atoms with van der Waals surface area (Å²) < 4.78 is 0. The van der Waals surface area contributed by atoms with Gasteiger partial charge in [-0.2, -0.15) is 11.3 Å². The summed E-state index contributed by atoms with van der Waals surface area (Å²) in [5, 5.41) is 14.2. The number of fused-ring (bicyclic) bond motifs is 1. The maximum atomic E-state index is 12.2. The molecule has 0 spiro atoms. The fraction of sp³-hybridized carbons (Fsp3) is 0.318. The minimum Gasteiger partial charge on any atom is -0.478 e. The van der Waals surface area contributed by atoms with Crippen LogP contribution in [0.4, 0.5) is 0 Å². The smallest absolute Gasteiger partial charge is 0.337 e. The average Bonchev–Trinajstić information content (AvgIpc) is 3.28. The van der Waals surface area contributed by atoms with E-state index in [0.29, 0.717) is 12.1 Å². The number of hydrogen-bond acceptors (Lipinski definition) is 5. The Balaban J connectivity index is 1.87. The first-order chi connectivity index (χ1) is 13.4. The number of rotatable bonds is 5. The molecule has 0 saturated carbocycles. The number of benzene rings is 1. The zero-order valence-corrected chi connectivity index (χ0v) is 17.7. The average molecular weight is 413 g/mol. The fourth-order valence-corrected chi connectivity index (χ4v) is 6.05. The van der Waals surface area contributed by atoms with Gasteiger partial charge in [-0.3, -0.25) is 11.3 Å². The molecular weight excluding hydrogens is 388 g/mol. The van der Waals surface area contributed by atoms with Gasteiger partial charge in [-0.15, -0.1) is 11.3 Å². The van der Waals surface area contributed by atoms with Crippen LogP contribution in [0.25, 0.3) is 21.6 Å². The highest BCUT2D eigenvalue weighted by Crippen LogP contribution is 2.46. The van der Waals surface area contributed by atoms with Gasteiger partial charge in [0, 0.05) is 16.3 Å². The van der Waals surface area contributed by atoms with Crippen molar-refractivity contribution in [2.24, 2.45) is 11.3 Å². The van der Waals surface area contributed by atoms with Crippen LogP contribution in [0.1, 0.15) is 46.6 Å². The van der Waals surface area contributed by atoms with Crippen molar-refractivity contribution in [2.45, 2.75) is 39.7 Å². The molecule has 0 amide bonds. The molecule has 2 aromatic heterocycles. The van der Waals surface area contributed by atoms with Gasteiger partial charge in [0.05, 0.1) is 5.56 Å². The van der Waals surface area contributed by atoms with Crippen LogP contribution in [-0.2, 0) is 19.4 Å². The molecule has 4 N–H and O–H groups in total. The first kappa shape index (κ1) is 19.3. The topological polar surface area (TPSA) is 75.3 Å². The van der Waals surface area contributed by atoms with Crippen molar-refractivity contribution in [2.75, 3.05) is 0 Å². The van der Waals surface area contributed by atoms with E-state index >= 15 is 0 Å². The molecule has 146 valence electrons. The summed E-state index contributed by atoms with van der Waals surface area (Å²) in [7, 11) is 0. The number of aryl methyl sites for hydroxylation is 1. The van der Waals surface area contributed by atoms with Gasteiger partial charge in [0.25, 0.3) is 0 Å². The lowest BCUT2D eigenvalue weighted by atomic mass is 9.76. The number of hydrazine groups is 1. The van der Waals surface area contributed by atoms with Gasteiger partial charge in [0.1, 0.15) is 0 Å². The van der Waals surface area contributed by atoms with E-state index in [4.69, 9.17) is 5.84 Å². The summed E-state index contributed by atoms with van der Waals surface area (Å²) in [4.78, 5) is 14.3. The standard InChI is InChI=1S/C22H24N2O2S2/c1-22(2)7-5-18-17(10-22)19(21(25)26)20(28-18)16-4-3-13(9-15(16)11-24-23)14-6-8-27-12-14/h3-4,6,8-9,12,24H,5,7,10-11,23H2,1-2H3,(H,25,26). The van der Waals surface area contributed by atoms with Crippen LogP contribution in [0.5, 0.6) is 0 Å². The highest BCUT2D eigenvalue weighted by Gasteiger charge is 2.33. The molecule has 0 atom stereocenters. The number of aromatic carboxylic acids is 1. The Morgan fingerprint density at radius 1 is 1.29 bits per heavy atom. The minimum atomic E-state index is -0.834. The van der Waals surface area contributed by atoms with E-state index in [9.17, 15) is 9.90 Å². The van der Waals surface area contributed by atoms with Crippen LogP contribution in [0.15, 0.2) is 35.0 Å². The monoisotopic (exact) mass is 412 g/mol. The lowest BCUT2D eigenvalue weighted by molar-refractivity contribution is 0.0696. The SMILES string of the molecule is CC1(C)CCc2sc(-c3ccc(-c4ccsc4)cc3CNN)c(C(=O)O)c2C1. The number of carboxylic acids is 1. The molecule has 28 heavy (non-hydrogen) atoms. The number of nitrogens with two attached hydrogens (primary N) is 1. The predicted octanol–water partition coefficient (Wildman–Crippen LogP) is 5.32. The van der Waals surface area contributed by atoms with Crippen molar-refractivity contribution in [3.63, 3.8) is 0 Å². The summed E-state index contributed by atoms with van der Waals surface area (Å²) in [6.07, 6.45) is 2.86. The van der Waals surface area contributed by atoms with Crippen LogP contribution < -0.4 is 11.3 Å². The third kappa shape index (κ3) is 3.53. The Hall–Kier alpha value is -1.99. The molecule has 1 aromatic carbocycles. The van der Waals surface area contributed by atoms with Gasteiger partial charge >= 0.3 is 5.97 Å². The van der Waals surface area contributed by atoms with Crippen molar-refractivity contribution in [1.29, 1.82) is 0 Å². The van der Waals surface area contributed by atoms with Crippen molar-refractivity contribution in [1.82, 2.24) is 5.43 Å². The maximum Gasteiger partial charge on any atom is 0.337 e. The highest BCUT2D eigenvalue weighted by atomic mass is 32.1. The Morgan fingerprint density at radius 2 is 2.11 bits per heavy atom.